The molecule has 14 heavy (non-hydrogen) atoms. The van der Waals surface area contributed by atoms with Gasteiger partial charge in [0.05, 0.1) is 5.69 Å². The number of ether oxygens (including phenoxy) is 1. The summed E-state index contributed by atoms with van der Waals surface area (Å²) < 4.78 is 7.73. The Hall–Kier alpha value is -0.990. The van der Waals surface area contributed by atoms with Crippen LogP contribution in [0.1, 0.15) is 37.8 Å². The highest BCUT2D eigenvalue weighted by atomic mass is 16.5. The molecule has 1 fully saturated rings. The molecule has 0 unspecified atom stereocenters. The Balaban J connectivity index is 1.98. The molecular formula is C11H18N2O. The summed E-state index contributed by atoms with van der Waals surface area (Å²) in [7, 11) is 1.94. The van der Waals surface area contributed by atoms with Gasteiger partial charge in [0.1, 0.15) is 6.10 Å². The second kappa shape index (κ2) is 4.03. The maximum atomic E-state index is 5.91. The summed E-state index contributed by atoms with van der Waals surface area (Å²) in [5, 5.41) is 4.27. The van der Waals surface area contributed by atoms with E-state index in [1.165, 1.54) is 32.1 Å². The van der Waals surface area contributed by atoms with E-state index in [1.54, 1.807) is 0 Å². The zero-order valence-corrected chi connectivity index (χ0v) is 8.99. The zero-order chi connectivity index (χ0) is 9.97. The first-order chi connectivity index (χ1) is 6.75. The van der Waals surface area contributed by atoms with Crippen LogP contribution in [0.2, 0.25) is 0 Å². The van der Waals surface area contributed by atoms with Crippen LogP contribution in [-0.2, 0) is 7.05 Å². The molecule has 0 spiro atoms. The molecule has 0 atom stereocenters. The molecule has 3 nitrogen and oxygen atoms in total. The summed E-state index contributed by atoms with van der Waals surface area (Å²) in [6.07, 6.45) is 6.79. The van der Waals surface area contributed by atoms with E-state index >= 15 is 0 Å². The van der Waals surface area contributed by atoms with Crippen LogP contribution in [-0.4, -0.2) is 15.9 Å². The SMILES string of the molecule is Cc1cc(OC2CCCCC2)n(C)n1. The minimum absolute atomic E-state index is 0.415. The smallest absolute Gasteiger partial charge is 0.211 e. The van der Waals surface area contributed by atoms with Gasteiger partial charge in [-0.25, -0.2) is 4.68 Å². The molecule has 0 aliphatic heterocycles. The predicted octanol–water partition coefficient (Wildman–Crippen LogP) is 2.44. The summed E-state index contributed by atoms with van der Waals surface area (Å²) in [4.78, 5) is 0. The Morgan fingerprint density at radius 3 is 2.64 bits per heavy atom. The van der Waals surface area contributed by atoms with E-state index in [4.69, 9.17) is 4.74 Å². The number of hydrogen-bond donors (Lipinski definition) is 0. The summed E-state index contributed by atoms with van der Waals surface area (Å²) in [6, 6.07) is 2.01. The van der Waals surface area contributed by atoms with Crippen LogP contribution >= 0.6 is 0 Å². The summed E-state index contributed by atoms with van der Waals surface area (Å²) in [5.74, 6) is 0.911. The van der Waals surface area contributed by atoms with E-state index in [0.29, 0.717) is 6.10 Å². The van der Waals surface area contributed by atoms with Gasteiger partial charge < -0.3 is 4.74 Å². The Kier molecular flexibility index (Phi) is 2.75. The van der Waals surface area contributed by atoms with E-state index < -0.39 is 0 Å². The minimum atomic E-state index is 0.415. The highest BCUT2D eigenvalue weighted by molar-refractivity contribution is 5.14. The van der Waals surface area contributed by atoms with Crippen molar-refractivity contribution < 1.29 is 4.74 Å². The van der Waals surface area contributed by atoms with Crippen LogP contribution in [0.15, 0.2) is 6.07 Å². The minimum Gasteiger partial charge on any atom is -0.475 e. The van der Waals surface area contributed by atoms with Gasteiger partial charge in [-0.1, -0.05) is 6.42 Å². The molecule has 2 rings (SSSR count). The van der Waals surface area contributed by atoms with Gasteiger partial charge in [-0.3, -0.25) is 0 Å². The largest absolute Gasteiger partial charge is 0.475 e. The molecule has 1 saturated carbocycles. The Labute approximate surface area is 85.1 Å². The van der Waals surface area contributed by atoms with Gasteiger partial charge in [-0.15, -0.1) is 0 Å². The van der Waals surface area contributed by atoms with Gasteiger partial charge in [-0.2, -0.15) is 5.10 Å². The lowest BCUT2D eigenvalue weighted by Crippen LogP contribution is -2.20. The van der Waals surface area contributed by atoms with Gasteiger partial charge in [0.15, 0.2) is 0 Å². The summed E-state index contributed by atoms with van der Waals surface area (Å²) in [5.41, 5.74) is 1.03. The van der Waals surface area contributed by atoms with Crippen molar-refractivity contribution in [3.05, 3.63) is 11.8 Å². The Bertz CT molecular complexity index is 300. The molecule has 1 aliphatic rings. The average Bonchev–Trinajstić information content (AvgIpc) is 2.47. The van der Waals surface area contributed by atoms with Crippen molar-refractivity contribution in [2.75, 3.05) is 0 Å². The quantitative estimate of drug-likeness (QED) is 0.723. The lowest BCUT2D eigenvalue weighted by atomic mass is 9.98. The maximum Gasteiger partial charge on any atom is 0.211 e. The molecule has 3 heteroatoms. The first kappa shape index (κ1) is 9.56. The first-order valence-electron chi connectivity index (χ1n) is 5.43. The number of nitrogens with zero attached hydrogens (tertiary/aromatic N) is 2. The zero-order valence-electron chi connectivity index (χ0n) is 8.99. The summed E-state index contributed by atoms with van der Waals surface area (Å²) >= 11 is 0. The fourth-order valence-electron chi connectivity index (χ4n) is 2.05. The van der Waals surface area contributed by atoms with Crippen LogP contribution in [0, 0.1) is 6.92 Å². The van der Waals surface area contributed by atoms with Crippen LogP contribution < -0.4 is 4.74 Å². The predicted molar refractivity (Wildman–Crippen MR) is 55.4 cm³/mol. The van der Waals surface area contributed by atoms with Gasteiger partial charge in [0, 0.05) is 13.1 Å². The molecule has 1 aromatic heterocycles. The number of hydrogen-bond acceptors (Lipinski definition) is 2. The lowest BCUT2D eigenvalue weighted by Gasteiger charge is -2.22. The molecule has 0 amide bonds. The maximum absolute atomic E-state index is 5.91. The van der Waals surface area contributed by atoms with Crippen molar-refractivity contribution in [2.45, 2.75) is 45.1 Å². The second-order valence-electron chi connectivity index (χ2n) is 4.13. The molecule has 1 aliphatic carbocycles. The molecule has 1 heterocycles. The highest BCUT2D eigenvalue weighted by Crippen LogP contribution is 2.23. The van der Waals surface area contributed by atoms with E-state index in [2.05, 4.69) is 5.10 Å². The van der Waals surface area contributed by atoms with E-state index in [0.717, 1.165) is 11.6 Å². The normalized spacial score (nSPS) is 18.4. The third-order valence-electron chi connectivity index (χ3n) is 2.80. The van der Waals surface area contributed by atoms with Gasteiger partial charge in [0.2, 0.25) is 5.88 Å². The molecule has 78 valence electrons. The molecule has 0 saturated heterocycles. The highest BCUT2D eigenvalue weighted by Gasteiger charge is 2.16. The van der Waals surface area contributed by atoms with Crippen molar-refractivity contribution in [1.29, 1.82) is 0 Å². The average molecular weight is 194 g/mol. The Morgan fingerprint density at radius 2 is 2.07 bits per heavy atom. The van der Waals surface area contributed by atoms with Crippen molar-refractivity contribution in [2.24, 2.45) is 7.05 Å². The van der Waals surface area contributed by atoms with Crippen molar-refractivity contribution >= 4 is 0 Å². The topological polar surface area (TPSA) is 27.1 Å². The number of aromatic nitrogens is 2. The third-order valence-corrected chi connectivity index (χ3v) is 2.80. The van der Waals surface area contributed by atoms with E-state index in [1.807, 2.05) is 24.7 Å². The van der Waals surface area contributed by atoms with Crippen LogP contribution in [0.4, 0.5) is 0 Å². The van der Waals surface area contributed by atoms with Crippen molar-refractivity contribution in [3.63, 3.8) is 0 Å². The van der Waals surface area contributed by atoms with Gasteiger partial charge in [0.25, 0.3) is 0 Å². The molecule has 1 aromatic rings. The molecule has 0 radical (unpaired) electrons. The molecule has 0 aromatic carbocycles. The third kappa shape index (κ3) is 2.08. The van der Waals surface area contributed by atoms with E-state index in [-0.39, 0.29) is 0 Å². The number of aryl methyl sites for hydroxylation is 2. The van der Waals surface area contributed by atoms with E-state index in [9.17, 15) is 0 Å². The van der Waals surface area contributed by atoms with Gasteiger partial charge >= 0.3 is 0 Å². The first-order valence-corrected chi connectivity index (χ1v) is 5.43. The Morgan fingerprint density at radius 1 is 1.36 bits per heavy atom. The standard InChI is InChI=1S/C11H18N2O/c1-9-8-11(13(2)12-9)14-10-6-4-3-5-7-10/h8,10H,3-7H2,1-2H3. The summed E-state index contributed by atoms with van der Waals surface area (Å²) in [6.45, 7) is 1.99. The molecule has 0 bridgehead atoms. The monoisotopic (exact) mass is 194 g/mol. The van der Waals surface area contributed by atoms with Crippen LogP contribution in [0.5, 0.6) is 5.88 Å². The van der Waals surface area contributed by atoms with Crippen molar-refractivity contribution in [1.82, 2.24) is 9.78 Å². The molecule has 0 N–H and O–H groups in total. The van der Waals surface area contributed by atoms with Crippen LogP contribution in [0.25, 0.3) is 0 Å². The van der Waals surface area contributed by atoms with Gasteiger partial charge in [-0.05, 0) is 32.6 Å². The van der Waals surface area contributed by atoms with Crippen molar-refractivity contribution in [3.8, 4) is 5.88 Å². The lowest BCUT2D eigenvalue weighted by molar-refractivity contribution is 0.142. The second-order valence-corrected chi connectivity index (χ2v) is 4.13. The molecular weight excluding hydrogens is 176 g/mol. The van der Waals surface area contributed by atoms with Crippen LogP contribution in [0.3, 0.4) is 0 Å². The fraction of sp³-hybridized carbons (Fsp3) is 0.727. The number of rotatable bonds is 2. The fourth-order valence-corrected chi connectivity index (χ4v) is 2.05.